The number of nitrogens with zero attached hydrogens (tertiary/aromatic N) is 4. The monoisotopic (exact) mass is 888 g/mol. The zero-order valence-electron chi connectivity index (χ0n) is 37.5. The second-order valence-electron chi connectivity index (χ2n) is 16.3. The fourth-order valence-corrected chi connectivity index (χ4v) is 7.41. The first-order chi connectivity index (χ1) is 31.2. The van der Waals surface area contributed by atoms with Crippen LogP contribution in [-0.2, 0) is 33.9 Å². The van der Waals surface area contributed by atoms with Crippen molar-refractivity contribution < 1.29 is 32.6 Å². The number of amides is 1. The first kappa shape index (κ1) is 47.3. The zero-order valence-corrected chi connectivity index (χ0v) is 37.5. The summed E-state index contributed by atoms with van der Waals surface area (Å²) in [7, 11) is 0. The van der Waals surface area contributed by atoms with Gasteiger partial charge in [-0.05, 0) is 87.1 Å². The first-order valence-electron chi connectivity index (χ1n) is 21.8. The molecule has 0 aliphatic heterocycles. The molecule has 340 valence electrons. The largest absolute Gasteiger partial charge is 0.462 e. The molecule has 65 heavy (non-hydrogen) atoms. The van der Waals surface area contributed by atoms with E-state index in [2.05, 4.69) is 42.9 Å². The predicted molar refractivity (Wildman–Crippen MR) is 250 cm³/mol. The number of hydrogen-bond acceptors (Lipinski definition) is 9. The van der Waals surface area contributed by atoms with E-state index in [0.29, 0.717) is 17.5 Å². The summed E-state index contributed by atoms with van der Waals surface area (Å²) in [5, 5.41) is 6.29. The molecule has 13 nitrogen and oxygen atoms in total. The van der Waals surface area contributed by atoms with Gasteiger partial charge >= 0.3 is 11.9 Å². The molecule has 0 fully saturated rings. The summed E-state index contributed by atoms with van der Waals surface area (Å²) >= 11 is 0. The number of hydrogen-bond donors (Lipinski definition) is 2. The molecule has 3 heterocycles. The van der Waals surface area contributed by atoms with Crippen molar-refractivity contribution in [1.29, 1.82) is 0 Å². The summed E-state index contributed by atoms with van der Waals surface area (Å²) in [6.07, 6.45) is 4.50. The van der Waals surface area contributed by atoms with Crippen molar-refractivity contribution in [3.63, 3.8) is 0 Å². The smallest absolute Gasteiger partial charge is 0.343 e. The lowest BCUT2D eigenvalue weighted by atomic mass is 10.1. The number of halogens is 2. The van der Waals surface area contributed by atoms with E-state index < -0.39 is 40.3 Å². The highest BCUT2D eigenvalue weighted by Gasteiger charge is 2.22. The van der Waals surface area contributed by atoms with Crippen LogP contribution in [0, 0.1) is 23.5 Å². The van der Waals surface area contributed by atoms with Gasteiger partial charge in [-0.15, -0.1) is 0 Å². The maximum absolute atomic E-state index is 14.9. The van der Waals surface area contributed by atoms with Crippen LogP contribution in [0.4, 0.5) is 20.2 Å². The number of carbonyl (C=O) groups is 3. The number of imidazole rings is 1. The fourth-order valence-electron chi connectivity index (χ4n) is 7.41. The van der Waals surface area contributed by atoms with E-state index in [1.165, 1.54) is 53.4 Å². The van der Waals surface area contributed by atoms with Crippen LogP contribution in [0.5, 0.6) is 0 Å². The Bertz CT molecular complexity index is 2970. The molecule has 3 aromatic heterocycles. The highest BCUT2D eigenvalue weighted by molar-refractivity contribution is 5.97. The number of aromatic nitrogens is 4. The van der Waals surface area contributed by atoms with Gasteiger partial charge in [0.05, 0.1) is 53.2 Å². The van der Waals surface area contributed by atoms with E-state index in [1.54, 1.807) is 30.5 Å². The molecule has 1 amide bonds. The molecule has 0 bridgehead atoms. The quantitative estimate of drug-likeness (QED) is 0.0904. The Labute approximate surface area is 375 Å². The van der Waals surface area contributed by atoms with Gasteiger partial charge in [-0.3, -0.25) is 14.4 Å². The number of para-hydroxylation sites is 6. The van der Waals surface area contributed by atoms with Gasteiger partial charge in [0.15, 0.2) is 0 Å². The normalized spacial score (nSPS) is 11.2. The van der Waals surface area contributed by atoms with E-state index in [1.807, 2.05) is 36.4 Å². The molecule has 0 saturated carbocycles. The molecule has 0 unspecified atom stereocenters. The molecule has 0 aliphatic carbocycles. The van der Waals surface area contributed by atoms with Gasteiger partial charge in [-0.25, -0.2) is 23.4 Å². The number of benzene rings is 4. The Hall–Kier alpha value is -7.16. The van der Waals surface area contributed by atoms with E-state index in [0.717, 1.165) is 48.5 Å². The average Bonchev–Trinajstić information content (AvgIpc) is 3.62. The lowest BCUT2D eigenvalue weighted by Gasteiger charge is -2.16. The number of aryl methyl sites for hydroxylation is 1. The second kappa shape index (κ2) is 21.5. The number of esters is 2. The molecular weight excluding hydrogens is 835 g/mol. The number of fused-ring (bicyclic) bond motifs is 3. The maximum atomic E-state index is 14.9. The van der Waals surface area contributed by atoms with Crippen molar-refractivity contribution in [1.82, 2.24) is 18.7 Å². The highest BCUT2D eigenvalue weighted by Crippen LogP contribution is 2.24. The second-order valence-corrected chi connectivity index (χ2v) is 16.3. The van der Waals surface area contributed by atoms with Gasteiger partial charge in [-0.1, -0.05) is 64.1 Å². The van der Waals surface area contributed by atoms with E-state index in [4.69, 9.17) is 14.5 Å². The van der Waals surface area contributed by atoms with Crippen molar-refractivity contribution >= 4 is 62.1 Å². The molecule has 7 rings (SSSR count). The van der Waals surface area contributed by atoms with Gasteiger partial charge in [0.1, 0.15) is 35.1 Å². The minimum absolute atomic E-state index is 0.00380. The zero-order chi connectivity index (χ0) is 46.8. The number of pyridine rings is 2. The summed E-state index contributed by atoms with van der Waals surface area (Å²) in [5.41, 5.74) is 1.76. The Morgan fingerprint density at radius 1 is 0.677 bits per heavy atom. The van der Waals surface area contributed by atoms with Gasteiger partial charge in [0, 0.05) is 36.3 Å². The van der Waals surface area contributed by atoms with Gasteiger partial charge in [-0.2, -0.15) is 0 Å². The van der Waals surface area contributed by atoms with Crippen LogP contribution >= 0.6 is 0 Å². The minimum Gasteiger partial charge on any atom is -0.462 e. The lowest BCUT2D eigenvalue weighted by molar-refractivity contribution is -0.116. The lowest BCUT2D eigenvalue weighted by Crippen LogP contribution is -2.25. The molecule has 4 aromatic carbocycles. The van der Waals surface area contributed by atoms with Crippen molar-refractivity contribution in [3.05, 3.63) is 146 Å². The number of carbonyl (C=O) groups excluding carboxylic acids is 3. The fraction of sp³-hybridized carbons (Fsp3) is 0.320. The van der Waals surface area contributed by atoms with Gasteiger partial charge in [0.2, 0.25) is 16.8 Å². The topological polar surface area (TPSA) is 156 Å². The van der Waals surface area contributed by atoms with E-state index >= 15 is 0 Å². The molecule has 7 aromatic rings. The summed E-state index contributed by atoms with van der Waals surface area (Å²) in [6.45, 7) is 13.5. The average molecular weight is 889 g/mol. The Morgan fingerprint density at radius 2 is 1.22 bits per heavy atom. The van der Waals surface area contributed by atoms with Crippen LogP contribution in [0.2, 0.25) is 0 Å². The number of rotatable bonds is 16. The van der Waals surface area contributed by atoms with Crippen molar-refractivity contribution in [3.8, 4) is 0 Å². The van der Waals surface area contributed by atoms with Gasteiger partial charge < -0.3 is 33.8 Å². The molecule has 0 aliphatic rings. The van der Waals surface area contributed by atoms with Crippen LogP contribution in [0.1, 0.15) is 80.9 Å². The van der Waals surface area contributed by atoms with Crippen LogP contribution < -0.4 is 21.5 Å². The number of anilines is 2. The molecule has 0 atom stereocenters. The Kier molecular flexibility index (Phi) is 15.6. The van der Waals surface area contributed by atoms with Crippen molar-refractivity contribution in [2.24, 2.45) is 11.8 Å². The third kappa shape index (κ3) is 11.1. The highest BCUT2D eigenvalue weighted by atomic mass is 19.1. The van der Waals surface area contributed by atoms with Crippen LogP contribution in [0.15, 0.2) is 107 Å². The minimum atomic E-state index is -0.817. The van der Waals surface area contributed by atoms with Crippen molar-refractivity contribution in [2.45, 2.75) is 74.0 Å². The molecule has 0 spiro atoms. The summed E-state index contributed by atoms with van der Waals surface area (Å²) < 4.78 is 44.5. The van der Waals surface area contributed by atoms with Crippen LogP contribution in [-0.4, -0.2) is 56.3 Å². The molecule has 0 radical (unpaired) electrons. The van der Waals surface area contributed by atoms with E-state index in [-0.39, 0.29) is 59.2 Å². The van der Waals surface area contributed by atoms with E-state index in [9.17, 15) is 32.8 Å². The van der Waals surface area contributed by atoms with Crippen molar-refractivity contribution in [2.75, 3.05) is 30.4 Å². The molecule has 2 N–H and O–H groups in total. The summed E-state index contributed by atoms with van der Waals surface area (Å²) in [5.74, 6) is -1.39. The summed E-state index contributed by atoms with van der Waals surface area (Å²) in [4.78, 5) is 68.0. The Morgan fingerprint density at radius 3 is 1.80 bits per heavy atom. The van der Waals surface area contributed by atoms with Crippen LogP contribution in [0.25, 0.3) is 32.8 Å². The number of ether oxygens (including phenoxy) is 2. The number of nitrogens with one attached hydrogen (secondary N) is 2. The standard InChI is InChI=1S/C25H28FN3O4.C25H26FN3O3/c1-4-33-25(32)18-14-29(23-17(24(18)31)8-7-9-19(23)26)15-22(30)28-21-11-6-5-10-20(21)27-13-12-16(2)3;1-4-32-25(31)18-14-28(23-17(24(18)30)8-7-9-19(23)26)15-22-27-20-10-5-6-11-21(20)29(22)13-12-16(2)3/h5-11,14,16,27H,4,12-13,15H2,1-3H3,(H,28,30);5-11,14,16H,4,12-13,15H2,1-3H3. The maximum Gasteiger partial charge on any atom is 0.343 e. The molecular formula is C50H54F2N6O7. The molecule has 15 heteroatoms. The molecule has 0 saturated heterocycles. The van der Waals surface area contributed by atoms with Gasteiger partial charge in [0.25, 0.3) is 0 Å². The predicted octanol–water partition coefficient (Wildman–Crippen LogP) is 9.18. The van der Waals surface area contributed by atoms with Crippen LogP contribution in [0.3, 0.4) is 0 Å². The third-order valence-electron chi connectivity index (χ3n) is 10.6. The SMILES string of the molecule is CCOC(=O)c1cn(CC(=O)Nc2ccccc2NCCC(C)C)c2c(F)cccc2c1=O.CCOC(=O)c1cn(Cc2nc3ccccc3n2CCC(C)C)c2c(F)cccc2c1=O. The Balaban J connectivity index is 0.000000215. The summed E-state index contributed by atoms with van der Waals surface area (Å²) in [6, 6.07) is 23.5. The third-order valence-corrected chi connectivity index (χ3v) is 10.6. The first-order valence-corrected chi connectivity index (χ1v) is 21.8.